The number of fused-ring (bicyclic) bond motifs is 1. The van der Waals surface area contributed by atoms with E-state index in [-0.39, 0.29) is 11.5 Å². The summed E-state index contributed by atoms with van der Waals surface area (Å²) in [5.74, 6) is 0.710. The molecule has 0 aliphatic carbocycles. The Morgan fingerprint density at radius 3 is 2.76 bits per heavy atom. The number of rotatable bonds is 3. The van der Waals surface area contributed by atoms with E-state index >= 15 is 0 Å². The van der Waals surface area contributed by atoms with Crippen molar-refractivity contribution < 1.29 is 13.2 Å². The van der Waals surface area contributed by atoms with Crippen LogP contribution in [0.2, 0.25) is 0 Å². The van der Waals surface area contributed by atoms with Gasteiger partial charge < -0.3 is 10.5 Å². The van der Waals surface area contributed by atoms with Gasteiger partial charge in [0, 0.05) is 15.7 Å². The molecule has 110 valence electrons. The van der Waals surface area contributed by atoms with Crippen molar-refractivity contribution in [3.63, 3.8) is 0 Å². The third-order valence-corrected chi connectivity index (χ3v) is 5.69. The van der Waals surface area contributed by atoms with Crippen LogP contribution in [0.4, 0.5) is 5.69 Å². The van der Waals surface area contributed by atoms with E-state index in [9.17, 15) is 8.42 Å². The van der Waals surface area contributed by atoms with E-state index in [1.165, 1.54) is 6.07 Å². The van der Waals surface area contributed by atoms with Gasteiger partial charge in [0.15, 0.2) is 0 Å². The van der Waals surface area contributed by atoms with E-state index in [1.807, 2.05) is 24.3 Å². The quantitative estimate of drug-likeness (QED) is 0.815. The molecule has 0 amide bonds. The molecule has 1 heterocycles. The summed E-state index contributed by atoms with van der Waals surface area (Å²) >= 11 is 3.23. The third-order valence-electron chi connectivity index (χ3n) is 3.24. The summed E-state index contributed by atoms with van der Waals surface area (Å²) in [6.45, 7) is 0.283. The zero-order chi connectivity index (χ0) is 15.0. The van der Waals surface area contributed by atoms with Gasteiger partial charge in [-0.2, -0.15) is 0 Å². The molecule has 3 N–H and O–H groups in total. The molecular weight excluding hydrogens is 356 g/mol. The fraction of sp³-hybridized carbons (Fsp3) is 0.143. The van der Waals surface area contributed by atoms with Crippen LogP contribution < -0.4 is 15.2 Å². The summed E-state index contributed by atoms with van der Waals surface area (Å²) in [4.78, 5) is 0.154. The van der Waals surface area contributed by atoms with Crippen LogP contribution in [0.15, 0.2) is 51.8 Å². The minimum atomic E-state index is -3.67. The zero-order valence-corrected chi connectivity index (χ0v) is 13.3. The largest absolute Gasteiger partial charge is 0.491 e. The van der Waals surface area contributed by atoms with Crippen molar-refractivity contribution in [2.45, 2.75) is 10.9 Å². The van der Waals surface area contributed by atoms with Crippen LogP contribution in [0.5, 0.6) is 5.75 Å². The van der Waals surface area contributed by atoms with Crippen LogP contribution in [-0.2, 0) is 10.0 Å². The SMILES string of the molecule is Nc1ccc(S(=O)(=O)NC2COc3ccccc32)c(Br)c1. The van der Waals surface area contributed by atoms with Crippen LogP contribution in [0.1, 0.15) is 11.6 Å². The molecule has 0 bridgehead atoms. The Morgan fingerprint density at radius 1 is 1.24 bits per heavy atom. The number of nitrogen functional groups attached to an aromatic ring is 1. The predicted octanol–water partition coefficient (Wildman–Crippen LogP) is 2.44. The summed E-state index contributed by atoms with van der Waals surface area (Å²) < 4.78 is 33.6. The number of ether oxygens (including phenoxy) is 1. The lowest BCUT2D eigenvalue weighted by atomic mass is 10.1. The first kappa shape index (κ1) is 14.4. The molecular formula is C14H13BrN2O3S. The molecule has 2 aromatic carbocycles. The van der Waals surface area contributed by atoms with Crippen molar-refractivity contribution in [1.29, 1.82) is 0 Å². The molecule has 0 fully saturated rings. The zero-order valence-electron chi connectivity index (χ0n) is 10.9. The molecule has 1 atom stereocenters. The number of hydrogen-bond acceptors (Lipinski definition) is 4. The maximum Gasteiger partial charge on any atom is 0.242 e. The van der Waals surface area contributed by atoms with Crippen molar-refractivity contribution in [2.24, 2.45) is 0 Å². The summed E-state index contributed by atoms with van der Waals surface area (Å²) in [7, 11) is -3.67. The number of sulfonamides is 1. The highest BCUT2D eigenvalue weighted by Gasteiger charge is 2.29. The smallest absolute Gasteiger partial charge is 0.242 e. The molecule has 0 radical (unpaired) electrons. The molecule has 0 saturated carbocycles. The average molecular weight is 369 g/mol. The van der Waals surface area contributed by atoms with Gasteiger partial charge in [0.2, 0.25) is 10.0 Å². The molecule has 1 aliphatic rings. The number of anilines is 1. The molecule has 7 heteroatoms. The van der Waals surface area contributed by atoms with E-state index in [0.29, 0.717) is 15.9 Å². The topological polar surface area (TPSA) is 81.4 Å². The van der Waals surface area contributed by atoms with Crippen molar-refractivity contribution in [1.82, 2.24) is 4.72 Å². The lowest BCUT2D eigenvalue weighted by Crippen LogP contribution is -2.29. The molecule has 1 unspecified atom stereocenters. The van der Waals surface area contributed by atoms with E-state index in [0.717, 1.165) is 5.56 Å². The number of nitrogens with one attached hydrogen (secondary N) is 1. The third kappa shape index (κ3) is 2.76. The monoisotopic (exact) mass is 368 g/mol. The lowest BCUT2D eigenvalue weighted by Gasteiger charge is -2.13. The molecule has 3 rings (SSSR count). The number of nitrogens with two attached hydrogens (primary N) is 1. The predicted molar refractivity (Wildman–Crippen MR) is 83.6 cm³/mol. The Hall–Kier alpha value is -1.57. The Bertz CT molecular complexity index is 793. The fourth-order valence-electron chi connectivity index (χ4n) is 2.25. The van der Waals surface area contributed by atoms with Crippen LogP contribution in [0.25, 0.3) is 0 Å². The summed E-state index contributed by atoms with van der Waals surface area (Å²) in [6, 6.07) is 11.6. The van der Waals surface area contributed by atoms with Gasteiger partial charge in [0.1, 0.15) is 12.4 Å². The Morgan fingerprint density at radius 2 is 2.00 bits per heavy atom. The lowest BCUT2D eigenvalue weighted by molar-refractivity contribution is 0.325. The first-order valence-corrected chi connectivity index (χ1v) is 8.54. The minimum Gasteiger partial charge on any atom is -0.491 e. The van der Waals surface area contributed by atoms with Crippen LogP contribution in [-0.4, -0.2) is 15.0 Å². The highest BCUT2D eigenvalue weighted by molar-refractivity contribution is 9.10. The molecule has 0 spiro atoms. The van der Waals surface area contributed by atoms with Crippen molar-refractivity contribution in [3.05, 3.63) is 52.5 Å². The summed E-state index contributed by atoms with van der Waals surface area (Å²) in [5.41, 5.74) is 6.97. The molecule has 5 nitrogen and oxygen atoms in total. The average Bonchev–Trinajstić information content (AvgIpc) is 2.81. The van der Waals surface area contributed by atoms with Gasteiger partial charge in [-0.15, -0.1) is 0 Å². The molecule has 0 saturated heterocycles. The molecule has 2 aromatic rings. The van der Waals surface area contributed by atoms with Crippen LogP contribution in [0.3, 0.4) is 0 Å². The van der Waals surface area contributed by atoms with Gasteiger partial charge in [-0.1, -0.05) is 18.2 Å². The Labute approximate surface area is 131 Å². The maximum absolute atomic E-state index is 12.5. The fourth-order valence-corrected chi connectivity index (χ4v) is 4.54. The molecule has 21 heavy (non-hydrogen) atoms. The van der Waals surface area contributed by atoms with Crippen molar-refractivity contribution >= 4 is 31.6 Å². The van der Waals surface area contributed by atoms with Gasteiger partial charge in [-0.3, -0.25) is 0 Å². The minimum absolute atomic E-state index is 0.154. The van der Waals surface area contributed by atoms with E-state index in [2.05, 4.69) is 20.7 Å². The number of halogens is 1. The van der Waals surface area contributed by atoms with Crippen LogP contribution in [0, 0.1) is 0 Å². The van der Waals surface area contributed by atoms with Gasteiger partial charge in [-0.25, -0.2) is 13.1 Å². The highest BCUT2D eigenvalue weighted by atomic mass is 79.9. The second kappa shape index (κ2) is 5.32. The number of hydrogen-bond donors (Lipinski definition) is 2. The van der Waals surface area contributed by atoms with E-state index < -0.39 is 16.1 Å². The Kier molecular flexibility index (Phi) is 3.64. The normalized spacial score (nSPS) is 17.3. The Balaban J connectivity index is 1.91. The van der Waals surface area contributed by atoms with Crippen molar-refractivity contribution in [2.75, 3.05) is 12.3 Å². The molecule has 1 aliphatic heterocycles. The standard InChI is InChI=1S/C14H13BrN2O3S/c15-11-7-9(16)5-6-14(11)21(18,19)17-12-8-20-13-4-2-1-3-10(12)13/h1-7,12,17H,8,16H2. The van der Waals surface area contributed by atoms with Gasteiger partial charge in [0.25, 0.3) is 0 Å². The van der Waals surface area contributed by atoms with E-state index in [4.69, 9.17) is 10.5 Å². The van der Waals surface area contributed by atoms with Gasteiger partial charge >= 0.3 is 0 Å². The number of para-hydroxylation sites is 1. The number of benzene rings is 2. The first-order chi connectivity index (χ1) is 9.97. The second-order valence-electron chi connectivity index (χ2n) is 4.71. The van der Waals surface area contributed by atoms with Gasteiger partial charge in [-0.05, 0) is 40.2 Å². The molecule has 0 aromatic heterocycles. The maximum atomic E-state index is 12.5. The summed E-state index contributed by atoms with van der Waals surface area (Å²) in [6.07, 6.45) is 0. The second-order valence-corrected chi connectivity index (χ2v) is 7.25. The highest BCUT2D eigenvalue weighted by Crippen LogP contribution is 2.33. The summed E-state index contributed by atoms with van der Waals surface area (Å²) in [5, 5.41) is 0. The van der Waals surface area contributed by atoms with Crippen LogP contribution >= 0.6 is 15.9 Å². The van der Waals surface area contributed by atoms with Gasteiger partial charge in [0.05, 0.1) is 10.9 Å². The van der Waals surface area contributed by atoms with Crippen molar-refractivity contribution in [3.8, 4) is 5.75 Å². The first-order valence-electron chi connectivity index (χ1n) is 6.26. The van der Waals surface area contributed by atoms with E-state index in [1.54, 1.807) is 12.1 Å².